The van der Waals surface area contributed by atoms with Gasteiger partial charge in [0.15, 0.2) is 0 Å². The van der Waals surface area contributed by atoms with Crippen LogP contribution in [-0.4, -0.2) is 28.5 Å². The predicted molar refractivity (Wildman–Crippen MR) is 95.3 cm³/mol. The van der Waals surface area contributed by atoms with Gasteiger partial charge in [-0.25, -0.2) is 9.37 Å². The number of rotatable bonds is 6. The van der Waals surface area contributed by atoms with Gasteiger partial charge in [-0.1, -0.05) is 24.3 Å². The number of anilines is 1. The van der Waals surface area contributed by atoms with Crippen molar-refractivity contribution in [3.05, 3.63) is 87.9 Å². The Bertz CT molecular complexity index is 895. The lowest BCUT2D eigenvalue weighted by Gasteiger charge is -2.18. The molecule has 3 rings (SSSR count). The molecule has 0 radical (unpaired) electrons. The molecule has 1 aromatic carbocycles. The summed E-state index contributed by atoms with van der Waals surface area (Å²) < 4.78 is 13.8. The van der Waals surface area contributed by atoms with Crippen LogP contribution in [0.15, 0.2) is 59.5 Å². The monoisotopic (exact) mass is 338 g/mol. The lowest BCUT2D eigenvalue weighted by molar-refractivity contribution is 0.613. The summed E-state index contributed by atoms with van der Waals surface area (Å²) in [5, 5.41) is 0. The van der Waals surface area contributed by atoms with E-state index < -0.39 is 0 Å². The molecule has 1 N–H and O–H groups in total. The summed E-state index contributed by atoms with van der Waals surface area (Å²) >= 11 is 0. The SMILES string of the molecule is CN(CCc1ccccn1)c1nc(Cc2ccccc2F)cc(=O)[nH]1. The first-order valence-electron chi connectivity index (χ1n) is 8.06. The average molecular weight is 338 g/mol. The highest BCUT2D eigenvalue weighted by Gasteiger charge is 2.09. The minimum atomic E-state index is -0.297. The molecule has 0 saturated heterocycles. The first kappa shape index (κ1) is 16.8. The molecule has 3 aromatic rings. The molecule has 0 aliphatic rings. The first-order chi connectivity index (χ1) is 12.1. The lowest BCUT2D eigenvalue weighted by Crippen LogP contribution is -2.26. The molecule has 0 aliphatic carbocycles. The molecule has 0 spiro atoms. The number of halogens is 1. The molecule has 5 nitrogen and oxygen atoms in total. The number of pyridine rings is 1. The molecule has 128 valence electrons. The van der Waals surface area contributed by atoms with Crippen LogP contribution in [0, 0.1) is 5.82 Å². The van der Waals surface area contributed by atoms with E-state index in [1.807, 2.05) is 30.1 Å². The third kappa shape index (κ3) is 4.50. The maximum absolute atomic E-state index is 13.8. The van der Waals surface area contributed by atoms with Gasteiger partial charge in [0.1, 0.15) is 5.82 Å². The van der Waals surface area contributed by atoms with E-state index in [-0.39, 0.29) is 17.8 Å². The molecule has 0 saturated carbocycles. The molecular formula is C19H19FN4O. The van der Waals surface area contributed by atoms with Gasteiger partial charge in [-0.2, -0.15) is 0 Å². The molecule has 0 aliphatic heterocycles. The van der Waals surface area contributed by atoms with Crippen molar-refractivity contribution in [1.29, 1.82) is 0 Å². The summed E-state index contributed by atoms with van der Waals surface area (Å²) in [5.41, 5.74) is 1.77. The quantitative estimate of drug-likeness (QED) is 0.750. The van der Waals surface area contributed by atoms with Gasteiger partial charge >= 0.3 is 0 Å². The summed E-state index contributed by atoms with van der Waals surface area (Å²) in [6.45, 7) is 0.656. The Morgan fingerprint density at radius 1 is 1.12 bits per heavy atom. The van der Waals surface area contributed by atoms with Crippen molar-refractivity contribution in [3.63, 3.8) is 0 Å². The highest BCUT2D eigenvalue weighted by atomic mass is 19.1. The van der Waals surface area contributed by atoms with Crippen molar-refractivity contribution in [2.75, 3.05) is 18.5 Å². The first-order valence-corrected chi connectivity index (χ1v) is 8.06. The summed E-state index contributed by atoms with van der Waals surface area (Å²) in [5.74, 6) is 0.171. The van der Waals surface area contributed by atoms with Crippen molar-refractivity contribution in [2.45, 2.75) is 12.8 Å². The van der Waals surface area contributed by atoms with Gasteiger partial charge in [0.2, 0.25) is 5.95 Å². The van der Waals surface area contributed by atoms with Crippen LogP contribution in [0.2, 0.25) is 0 Å². The van der Waals surface area contributed by atoms with Crippen LogP contribution >= 0.6 is 0 Å². The van der Waals surface area contributed by atoms with Crippen LogP contribution in [0.5, 0.6) is 0 Å². The fourth-order valence-electron chi connectivity index (χ4n) is 2.54. The molecule has 25 heavy (non-hydrogen) atoms. The number of H-pyrrole nitrogens is 1. The normalized spacial score (nSPS) is 10.6. The van der Waals surface area contributed by atoms with Gasteiger partial charge in [-0.05, 0) is 23.8 Å². The van der Waals surface area contributed by atoms with Crippen LogP contribution < -0.4 is 10.5 Å². The molecule has 2 aromatic heterocycles. The van der Waals surface area contributed by atoms with E-state index in [4.69, 9.17) is 0 Å². The Balaban J connectivity index is 1.74. The number of aromatic nitrogens is 3. The Morgan fingerprint density at radius 2 is 1.92 bits per heavy atom. The lowest BCUT2D eigenvalue weighted by atomic mass is 10.1. The zero-order valence-electron chi connectivity index (χ0n) is 13.9. The fraction of sp³-hybridized carbons (Fsp3) is 0.211. The predicted octanol–water partition coefficient (Wildman–Crippen LogP) is 2.57. The Kier molecular flexibility index (Phi) is 5.18. The van der Waals surface area contributed by atoms with Gasteiger partial charge in [-0.3, -0.25) is 14.8 Å². The average Bonchev–Trinajstić information content (AvgIpc) is 2.62. The number of hydrogen-bond acceptors (Lipinski definition) is 4. The number of likely N-dealkylation sites (N-methyl/N-ethyl adjacent to an activating group) is 1. The van der Waals surface area contributed by atoms with Crippen molar-refractivity contribution in [3.8, 4) is 0 Å². The van der Waals surface area contributed by atoms with Crippen LogP contribution in [0.1, 0.15) is 17.0 Å². The molecule has 0 atom stereocenters. The van der Waals surface area contributed by atoms with E-state index in [1.54, 1.807) is 24.4 Å². The van der Waals surface area contributed by atoms with Crippen LogP contribution in [0.3, 0.4) is 0 Å². The second-order valence-electron chi connectivity index (χ2n) is 5.82. The van der Waals surface area contributed by atoms with E-state index in [0.717, 1.165) is 12.1 Å². The highest BCUT2D eigenvalue weighted by molar-refractivity contribution is 5.31. The van der Waals surface area contributed by atoms with E-state index in [0.29, 0.717) is 23.8 Å². The Labute approximate surface area is 145 Å². The largest absolute Gasteiger partial charge is 0.345 e. The van der Waals surface area contributed by atoms with E-state index in [9.17, 15) is 9.18 Å². The van der Waals surface area contributed by atoms with Gasteiger partial charge < -0.3 is 4.90 Å². The highest BCUT2D eigenvalue weighted by Crippen LogP contribution is 2.12. The van der Waals surface area contributed by atoms with Crippen molar-refractivity contribution in [2.24, 2.45) is 0 Å². The smallest absolute Gasteiger partial charge is 0.252 e. The standard InChI is InChI=1S/C19H19FN4O/c1-24(11-9-15-7-4-5-10-21-15)19-22-16(13-18(25)23-19)12-14-6-2-3-8-17(14)20/h2-8,10,13H,9,11-12H2,1H3,(H,22,23,25). The second kappa shape index (κ2) is 7.70. The van der Waals surface area contributed by atoms with Gasteiger partial charge in [0, 0.05) is 44.4 Å². The third-order valence-corrected chi connectivity index (χ3v) is 3.90. The minimum Gasteiger partial charge on any atom is -0.345 e. The van der Waals surface area contributed by atoms with Crippen LogP contribution in [-0.2, 0) is 12.8 Å². The molecule has 6 heteroatoms. The maximum Gasteiger partial charge on any atom is 0.252 e. The van der Waals surface area contributed by atoms with Gasteiger partial charge in [0.05, 0.1) is 5.69 Å². The third-order valence-electron chi connectivity index (χ3n) is 3.90. The summed E-state index contributed by atoms with van der Waals surface area (Å²) in [7, 11) is 1.86. The van der Waals surface area contributed by atoms with Gasteiger partial charge in [-0.15, -0.1) is 0 Å². The summed E-state index contributed by atoms with van der Waals surface area (Å²) in [4.78, 5) is 25.3. The fourth-order valence-corrected chi connectivity index (χ4v) is 2.54. The molecule has 0 bridgehead atoms. The van der Waals surface area contributed by atoms with Crippen LogP contribution in [0.4, 0.5) is 10.3 Å². The number of nitrogens with one attached hydrogen (secondary N) is 1. The molecule has 0 fully saturated rings. The molecular weight excluding hydrogens is 319 g/mol. The minimum absolute atomic E-state index is 0.249. The zero-order valence-corrected chi connectivity index (χ0v) is 13.9. The molecule has 0 amide bonds. The number of hydrogen-bond donors (Lipinski definition) is 1. The van der Waals surface area contributed by atoms with Crippen molar-refractivity contribution < 1.29 is 4.39 Å². The summed E-state index contributed by atoms with van der Waals surface area (Å²) in [6, 6.07) is 13.7. The van der Waals surface area contributed by atoms with Crippen molar-refractivity contribution in [1.82, 2.24) is 15.0 Å². The van der Waals surface area contributed by atoms with E-state index in [2.05, 4.69) is 15.0 Å². The zero-order chi connectivity index (χ0) is 17.6. The number of benzene rings is 1. The van der Waals surface area contributed by atoms with Gasteiger partial charge in [0.25, 0.3) is 5.56 Å². The number of aromatic amines is 1. The second-order valence-corrected chi connectivity index (χ2v) is 5.82. The Hall–Kier alpha value is -3.02. The molecule has 2 heterocycles. The van der Waals surface area contributed by atoms with Crippen molar-refractivity contribution >= 4 is 5.95 Å². The van der Waals surface area contributed by atoms with E-state index in [1.165, 1.54) is 12.1 Å². The maximum atomic E-state index is 13.8. The number of nitrogens with zero attached hydrogens (tertiary/aromatic N) is 3. The summed E-state index contributed by atoms with van der Waals surface area (Å²) in [6.07, 6.45) is 2.76. The molecule has 0 unspecified atom stereocenters. The Morgan fingerprint density at radius 3 is 2.68 bits per heavy atom. The van der Waals surface area contributed by atoms with E-state index >= 15 is 0 Å². The topological polar surface area (TPSA) is 61.9 Å². The van der Waals surface area contributed by atoms with Crippen LogP contribution in [0.25, 0.3) is 0 Å².